The minimum absolute atomic E-state index is 0.0671. The molecule has 0 spiro atoms. The van der Waals surface area contributed by atoms with Crippen molar-refractivity contribution in [3.8, 4) is 6.07 Å². The van der Waals surface area contributed by atoms with Crippen molar-refractivity contribution in [2.75, 3.05) is 11.9 Å². The fourth-order valence-corrected chi connectivity index (χ4v) is 2.38. The van der Waals surface area contributed by atoms with Crippen LogP contribution in [0.25, 0.3) is 0 Å². The molecule has 21 heavy (non-hydrogen) atoms. The van der Waals surface area contributed by atoms with E-state index in [0.29, 0.717) is 15.7 Å². The highest BCUT2D eigenvalue weighted by atomic mass is 79.9. The number of rotatable bonds is 4. The number of benzene rings is 2. The third-order valence-electron chi connectivity index (χ3n) is 2.92. The molecule has 2 aromatic rings. The first-order valence-corrected chi connectivity index (χ1v) is 6.87. The van der Waals surface area contributed by atoms with Crippen LogP contribution >= 0.6 is 15.9 Å². The molecule has 3 nitrogen and oxygen atoms in total. The molecule has 0 saturated heterocycles. The maximum atomic E-state index is 13.5. The van der Waals surface area contributed by atoms with Crippen LogP contribution in [0.4, 0.5) is 14.5 Å². The lowest BCUT2D eigenvalue weighted by atomic mass is 10.1. The lowest BCUT2D eigenvalue weighted by Crippen LogP contribution is -2.15. The minimum Gasteiger partial charge on any atom is -0.386 e. The van der Waals surface area contributed by atoms with E-state index in [-0.39, 0.29) is 12.1 Å². The average Bonchev–Trinajstić information content (AvgIpc) is 2.45. The molecular formula is C15H11BrF2N2O. The van der Waals surface area contributed by atoms with Crippen LogP contribution in [0.1, 0.15) is 17.2 Å². The molecule has 0 saturated carbocycles. The highest BCUT2D eigenvalue weighted by molar-refractivity contribution is 9.10. The second kappa shape index (κ2) is 6.66. The van der Waals surface area contributed by atoms with Crippen molar-refractivity contribution in [1.29, 1.82) is 5.26 Å². The number of nitrogens with one attached hydrogen (secondary N) is 1. The smallest absolute Gasteiger partial charge is 0.132 e. The maximum absolute atomic E-state index is 13.5. The Kier molecular flexibility index (Phi) is 4.89. The molecule has 2 aromatic carbocycles. The van der Waals surface area contributed by atoms with Gasteiger partial charge in [-0.1, -0.05) is 6.07 Å². The molecule has 0 radical (unpaired) electrons. The maximum Gasteiger partial charge on any atom is 0.132 e. The SMILES string of the molecule is N#Cc1ccc(NCC(O)c2c(F)cccc2F)c(Br)c1. The lowest BCUT2D eigenvalue weighted by Gasteiger charge is -2.15. The zero-order valence-electron chi connectivity index (χ0n) is 10.8. The number of hydrogen-bond acceptors (Lipinski definition) is 3. The van der Waals surface area contributed by atoms with E-state index in [1.54, 1.807) is 18.2 Å². The van der Waals surface area contributed by atoms with Gasteiger partial charge in [-0.15, -0.1) is 0 Å². The Bertz CT molecular complexity index is 680. The van der Waals surface area contributed by atoms with Gasteiger partial charge >= 0.3 is 0 Å². The summed E-state index contributed by atoms with van der Waals surface area (Å²) in [7, 11) is 0. The summed E-state index contributed by atoms with van der Waals surface area (Å²) in [5.74, 6) is -1.58. The number of halogens is 3. The molecule has 0 aliphatic carbocycles. The number of aliphatic hydroxyl groups is 1. The van der Waals surface area contributed by atoms with E-state index < -0.39 is 17.7 Å². The van der Waals surface area contributed by atoms with E-state index in [1.165, 1.54) is 6.07 Å². The van der Waals surface area contributed by atoms with E-state index in [4.69, 9.17) is 5.26 Å². The van der Waals surface area contributed by atoms with Gasteiger partial charge in [-0.2, -0.15) is 5.26 Å². The van der Waals surface area contributed by atoms with Crippen molar-refractivity contribution in [3.05, 3.63) is 63.6 Å². The van der Waals surface area contributed by atoms with Crippen molar-refractivity contribution in [3.63, 3.8) is 0 Å². The molecule has 0 aliphatic rings. The largest absolute Gasteiger partial charge is 0.386 e. The van der Waals surface area contributed by atoms with E-state index in [2.05, 4.69) is 21.2 Å². The van der Waals surface area contributed by atoms with Gasteiger partial charge in [0.25, 0.3) is 0 Å². The highest BCUT2D eigenvalue weighted by Gasteiger charge is 2.17. The summed E-state index contributed by atoms with van der Waals surface area (Å²) in [4.78, 5) is 0. The van der Waals surface area contributed by atoms with Gasteiger partial charge in [0.05, 0.1) is 17.2 Å². The van der Waals surface area contributed by atoms with E-state index in [0.717, 1.165) is 12.1 Å². The molecule has 0 fully saturated rings. The van der Waals surface area contributed by atoms with Gasteiger partial charge in [0, 0.05) is 16.7 Å². The number of aliphatic hydroxyl groups excluding tert-OH is 1. The molecule has 0 heterocycles. The van der Waals surface area contributed by atoms with Crippen LogP contribution < -0.4 is 5.32 Å². The van der Waals surface area contributed by atoms with Gasteiger partial charge < -0.3 is 10.4 Å². The quantitative estimate of drug-likeness (QED) is 0.880. The summed E-state index contributed by atoms with van der Waals surface area (Å²) in [6, 6.07) is 10.3. The molecule has 0 aromatic heterocycles. The van der Waals surface area contributed by atoms with Crippen molar-refractivity contribution < 1.29 is 13.9 Å². The normalized spacial score (nSPS) is 11.8. The molecule has 0 bridgehead atoms. The summed E-state index contributed by atoms with van der Waals surface area (Å²) in [5, 5.41) is 21.6. The highest BCUT2D eigenvalue weighted by Crippen LogP contribution is 2.25. The summed E-state index contributed by atoms with van der Waals surface area (Å²) in [6.07, 6.45) is -1.33. The van der Waals surface area contributed by atoms with Crippen LogP contribution in [0.2, 0.25) is 0 Å². The first-order valence-electron chi connectivity index (χ1n) is 6.08. The van der Waals surface area contributed by atoms with E-state index in [9.17, 15) is 13.9 Å². The Morgan fingerprint density at radius 1 is 1.24 bits per heavy atom. The molecule has 108 valence electrons. The third-order valence-corrected chi connectivity index (χ3v) is 3.57. The van der Waals surface area contributed by atoms with Crippen LogP contribution in [0.15, 0.2) is 40.9 Å². The van der Waals surface area contributed by atoms with Crippen molar-refractivity contribution in [2.24, 2.45) is 0 Å². The van der Waals surface area contributed by atoms with Gasteiger partial charge in [-0.25, -0.2) is 8.78 Å². The standard InChI is InChI=1S/C15H11BrF2N2O/c16-10-6-9(7-19)4-5-13(10)20-8-14(21)15-11(17)2-1-3-12(15)18/h1-6,14,20-21H,8H2. The summed E-state index contributed by atoms with van der Waals surface area (Å²) < 4.78 is 27.7. The predicted molar refractivity (Wildman–Crippen MR) is 78.7 cm³/mol. The molecule has 1 atom stereocenters. The predicted octanol–water partition coefficient (Wildman–Crippen LogP) is 3.74. The van der Waals surface area contributed by atoms with Crippen LogP contribution in [0.3, 0.4) is 0 Å². The fraction of sp³-hybridized carbons (Fsp3) is 0.133. The molecule has 0 amide bonds. The van der Waals surface area contributed by atoms with Gasteiger partial charge in [-0.05, 0) is 46.3 Å². The van der Waals surface area contributed by atoms with Crippen molar-refractivity contribution in [1.82, 2.24) is 0 Å². The van der Waals surface area contributed by atoms with E-state index in [1.807, 2.05) is 6.07 Å². The first-order chi connectivity index (χ1) is 10.0. The van der Waals surface area contributed by atoms with Crippen molar-refractivity contribution in [2.45, 2.75) is 6.10 Å². The number of hydrogen-bond donors (Lipinski definition) is 2. The van der Waals surface area contributed by atoms with Crippen LogP contribution in [-0.2, 0) is 0 Å². The van der Waals surface area contributed by atoms with Crippen LogP contribution in [0, 0.1) is 23.0 Å². The third kappa shape index (κ3) is 3.57. The van der Waals surface area contributed by atoms with Gasteiger partial charge in [-0.3, -0.25) is 0 Å². The molecular weight excluding hydrogens is 342 g/mol. The average molecular weight is 353 g/mol. The van der Waals surface area contributed by atoms with Crippen LogP contribution in [0.5, 0.6) is 0 Å². The van der Waals surface area contributed by atoms with Gasteiger partial charge in [0.2, 0.25) is 0 Å². The van der Waals surface area contributed by atoms with Crippen molar-refractivity contribution >= 4 is 21.6 Å². The second-order valence-electron chi connectivity index (χ2n) is 4.34. The molecule has 0 aliphatic heterocycles. The molecule has 2 rings (SSSR count). The summed E-state index contributed by atoms with van der Waals surface area (Å²) in [6.45, 7) is -0.0671. The van der Waals surface area contributed by atoms with Gasteiger partial charge in [0.1, 0.15) is 17.7 Å². The Balaban J connectivity index is 2.11. The number of nitrogens with zero attached hydrogens (tertiary/aromatic N) is 1. The monoisotopic (exact) mass is 352 g/mol. The Morgan fingerprint density at radius 3 is 2.48 bits per heavy atom. The summed E-state index contributed by atoms with van der Waals surface area (Å²) >= 11 is 3.28. The Hall–Kier alpha value is -1.97. The Morgan fingerprint density at radius 2 is 1.90 bits per heavy atom. The summed E-state index contributed by atoms with van der Waals surface area (Å²) in [5.41, 5.74) is 0.729. The zero-order valence-corrected chi connectivity index (χ0v) is 12.4. The van der Waals surface area contributed by atoms with Gasteiger partial charge in [0.15, 0.2) is 0 Å². The fourth-order valence-electron chi connectivity index (χ4n) is 1.87. The van der Waals surface area contributed by atoms with Crippen LogP contribution in [-0.4, -0.2) is 11.7 Å². The zero-order chi connectivity index (χ0) is 15.4. The number of nitriles is 1. The number of anilines is 1. The molecule has 2 N–H and O–H groups in total. The minimum atomic E-state index is -1.33. The lowest BCUT2D eigenvalue weighted by molar-refractivity contribution is 0.181. The molecule has 6 heteroatoms. The van der Waals surface area contributed by atoms with E-state index >= 15 is 0 Å². The Labute approximate surface area is 129 Å². The second-order valence-corrected chi connectivity index (χ2v) is 5.19. The first kappa shape index (κ1) is 15.4. The molecule has 1 unspecified atom stereocenters. The topological polar surface area (TPSA) is 56.0 Å².